The first-order chi connectivity index (χ1) is 13.4. The maximum absolute atomic E-state index is 13.9. The molecule has 7 heteroatoms. The molecule has 1 aromatic carbocycles. The molecule has 2 atom stereocenters. The summed E-state index contributed by atoms with van der Waals surface area (Å²) in [5, 5.41) is 6.11. The number of benzene rings is 1. The largest absolute Gasteiger partial charge is 0.353 e. The fourth-order valence-corrected chi connectivity index (χ4v) is 4.29. The summed E-state index contributed by atoms with van der Waals surface area (Å²) in [7, 11) is 0. The molecule has 154 valence electrons. The van der Waals surface area contributed by atoms with Crippen LogP contribution in [0.3, 0.4) is 0 Å². The van der Waals surface area contributed by atoms with Crippen molar-refractivity contribution < 1.29 is 14.0 Å². The zero-order valence-electron chi connectivity index (χ0n) is 16.3. The number of halogens is 2. The topological polar surface area (TPSA) is 61.4 Å². The van der Waals surface area contributed by atoms with E-state index < -0.39 is 11.9 Å². The van der Waals surface area contributed by atoms with Gasteiger partial charge in [0.25, 0.3) is 0 Å². The number of nitrogens with one attached hydrogen (secondary N) is 2. The Kier molecular flexibility index (Phi) is 7.30. The molecule has 2 aliphatic rings. The van der Waals surface area contributed by atoms with Crippen LogP contribution in [0.2, 0.25) is 5.02 Å². The molecule has 0 bridgehead atoms. The van der Waals surface area contributed by atoms with E-state index in [9.17, 15) is 14.0 Å². The number of nitrogens with zero attached hydrogens (tertiary/aromatic N) is 1. The lowest BCUT2D eigenvalue weighted by Crippen LogP contribution is -2.51. The molecule has 1 saturated heterocycles. The molecule has 1 saturated carbocycles. The van der Waals surface area contributed by atoms with E-state index in [0.29, 0.717) is 12.6 Å². The van der Waals surface area contributed by atoms with Crippen molar-refractivity contribution in [1.82, 2.24) is 10.2 Å². The van der Waals surface area contributed by atoms with E-state index in [1.54, 1.807) is 6.92 Å². The van der Waals surface area contributed by atoms with Crippen LogP contribution in [0.4, 0.5) is 10.1 Å². The summed E-state index contributed by atoms with van der Waals surface area (Å²) >= 11 is 5.75. The predicted molar refractivity (Wildman–Crippen MR) is 109 cm³/mol. The Morgan fingerprint density at radius 3 is 2.64 bits per heavy atom. The third kappa shape index (κ3) is 5.45. The monoisotopic (exact) mass is 409 g/mol. The van der Waals surface area contributed by atoms with Gasteiger partial charge in [0.2, 0.25) is 11.8 Å². The van der Waals surface area contributed by atoms with Crippen LogP contribution in [0.25, 0.3) is 0 Å². The number of rotatable bonds is 5. The van der Waals surface area contributed by atoms with Gasteiger partial charge in [0.1, 0.15) is 5.82 Å². The van der Waals surface area contributed by atoms with Crippen molar-refractivity contribution >= 4 is 29.1 Å². The predicted octanol–water partition coefficient (Wildman–Crippen LogP) is 3.97. The Hall–Kier alpha value is -1.66. The quantitative estimate of drug-likeness (QED) is 0.773. The molecule has 0 spiro atoms. The maximum atomic E-state index is 13.9. The summed E-state index contributed by atoms with van der Waals surface area (Å²) in [5.74, 6) is -0.836. The smallest absolute Gasteiger partial charge is 0.241 e. The number of piperidine rings is 1. The van der Waals surface area contributed by atoms with Crippen LogP contribution in [-0.2, 0) is 9.59 Å². The SMILES string of the molecule is CC(C(=O)Nc1ccc(Cl)cc1F)N1CCCC(C(=O)NC2CCCCC2)C1. The Labute approximate surface area is 171 Å². The second-order valence-electron chi connectivity index (χ2n) is 7.97. The first-order valence-electron chi connectivity index (χ1n) is 10.2. The van der Waals surface area contributed by atoms with Crippen molar-refractivity contribution in [1.29, 1.82) is 0 Å². The number of carbonyl (C=O) groups excluding carboxylic acids is 2. The van der Waals surface area contributed by atoms with Gasteiger partial charge in [-0.2, -0.15) is 0 Å². The minimum atomic E-state index is -0.559. The van der Waals surface area contributed by atoms with E-state index in [2.05, 4.69) is 10.6 Å². The van der Waals surface area contributed by atoms with Crippen molar-refractivity contribution in [2.24, 2.45) is 5.92 Å². The Balaban J connectivity index is 1.54. The fourth-order valence-electron chi connectivity index (χ4n) is 4.13. The third-order valence-corrected chi connectivity index (χ3v) is 6.13. The molecule has 5 nitrogen and oxygen atoms in total. The van der Waals surface area contributed by atoms with Crippen molar-refractivity contribution in [2.45, 2.75) is 64.0 Å². The van der Waals surface area contributed by atoms with E-state index in [1.165, 1.54) is 37.5 Å². The summed E-state index contributed by atoms with van der Waals surface area (Å²) in [4.78, 5) is 27.3. The standard InChI is InChI=1S/C21H29ClFN3O2/c1-14(20(27)25-19-10-9-16(22)12-18(19)23)26-11-5-6-15(13-26)21(28)24-17-7-3-2-4-8-17/h9-10,12,14-15,17H,2-8,11,13H2,1H3,(H,24,28)(H,25,27). The van der Waals surface area contributed by atoms with Crippen LogP contribution in [0.1, 0.15) is 51.9 Å². The van der Waals surface area contributed by atoms with E-state index in [0.717, 1.165) is 32.2 Å². The molecule has 2 unspecified atom stereocenters. The van der Waals surface area contributed by atoms with Gasteiger partial charge in [-0.15, -0.1) is 0 Å². The van der Waals surface area contributed by atoms with Gasteiger partial charge >= 0.3 is 0 Å². The zero-order chi connectivity index (χ0) is 20.1. The van der Waals surface area contributed by atoms with Crippen molar-refractivity contribution in [3.63, 3.8) is 0 Å². The highest BCUT2D eigenvalue weighted by Crippen LogP contribution is 2.23. The Morgan fingerprint density at radius 1 is 1.18 bits per heavy atom. The first-order valence-corrected chi connectivity index (χ1v) is 10.6. The summed E-state index contributed by atoms with van der Waals surface area (Å²) in [5.41, 5.74) is 0.116. The molecule has 1 aromatic rings. The summed E-state index contributed by atoms with van der Waals surface area (Å²) in [6.07, 6.45) is 7.46. The van der Waals surface area contributed by atoms with Crippen molar-refractivity contribution in [3.05, 3.63) is 29.0 Å². The Morgan fingerprint density at radius 2 is 1.93 bits per heavy atom. The highest BCUT2D eigenvalue weighted by Gasteiger charge is 2.32. The lowest BCUT2D eigenvalue weighted by molar-refractivity contribution is -0.130. The normalized spacial score (nSPS) is 22.5. The van der Waals surface area contributed by atoms with Gasteiger partial charge < -0.3 is 10.6 Å². The average Bonchev–Trinajstić information content (AvgIpc) is 2.70. The Bertz CT molecular complexity index is 709. The summed E-state index contributed by atoms with van der Waals surface area (Å²) < 4.78 is 13.9. The molecule has 2 fully saturated rings. The number of likely N-dealkylation sites (tertiary alicyclic amines) is 1. The van der Waals surface area contributed by atoms with E-state index in [4.69, 9.17) is 11.6 Å². The molecule has 1 heterocycles. The van der Waals surface area contributed by atoms with Gasteiger partial charge in [-0.05, 0) is 57.4 Å². The van der Waals surface area contributed by atoms with Crippen LogP contribution < -0.4 is 10.6 Å². The van der Waals surface area contributed by atoms with E-state index in [-0.39, 0.29) is 28.4 Å². The molecule has 0 aromatic heterocycles. The van der Waals surface area contributed by atoms with Crippen LogP contribution >= 0.6 is 11.6 Å². The van der Waals surface area contributed by atoms with Gasteiger partial charge in [0, 0.05) is 17.6 Å². The molecule has 1 aliphatic heterocycles. The van der Waals surface area contributed by atoms with Crippen molar-refractivity contribution in [3.8, 4) is 0 Å². The lowest BCUT2D eigenvalue weighted by Gasteiger charge is -2.36. The van der Waals surface area contributed by atoms with Crippen LogP contribution in [0.15, 0.2) is 18.2 Å². The van der Waals surface area contributed by atoms with Crippen LogP contribution in [-0.4, -0.2) is 41.9 Å². The van der Waals surface area contributed by atoms with Gasteiger partial charge in [0.15, 0.2) is 0 Å². The van der Waals surface area contributed by atoms with Crippen LogP contribution in [0.5, 0.6) is 0 Å². The minimum absolute atomic E-state index is 0.0989. The highest BCUT2D eigenvalue weighted by atomic mass is 35.5. The van der Waals surface area contributed by atoms with Gasteiger partial charge in [0.05, 0.1) is 17.6 Å². The molecule has 2 amide bonds. The molecule has 0 radical (unpaired) electrons. The van der Waals surface area contributed by atoms with E-state index in [1.807, 2.05) is 4.90 Å². The molecule has 28 heavy (non-hydrogen) atoms. The lowest BCUT2D eigenvalue weighted by atomic mass is 9.92. The van der Waals surface area contributed by atoms with E-state index >= 15 is 0 Å². The van der Waals surface area contributed by atoms with Gasteiger partial charge in [-0.25, -0.2) is 4.39 Å². The summed E-state index contributed by atoms with van der Waals surface area (Å²) in [6.45, 7) is 3.10. The number of anilines is 1. The molecule has 3 rings (SSSR count). The summed E-state index contributed by atoms with van der Waals surface area (Å²) in [6, 6.07) is 4.02. The first kappa shape index (κ1) is 21.1. The highest BCUT2D eigenvalue weighted by molar-refractivity contribution is 6.30. The molecular formula is C21H29ClFN3O2. The maximum Gasteiger partial charge on any atom is 0.241 e. The van der Waals surface area contributed by atoms with Crippen LogP contribution in [0, 0.1) is 11.7 Å². The number of amides is 2. The molecular weight excluding hydrogens is 381 g/mol. The molecule has 2 N–H and O–H groups in total. The van der Waals surface area contributed by atoms with Gasteiger partial charge in [-0.3, -0.25) is 14.5 Å². The fraction of sp³-hybridized carbons (Fsp3) is 0.619. The average molecular weight is 410 g/mol. The van der Waals surface area contributed by atoms with Crippen molar-refractivity contribution in [2.75, 3.05) is 18.4 Å². The number of hydrogen-bond acceptors (Lipinski definition) is 3. The molecule has 1 aliphatic carbocycles. The second-order valence-corrected chi connectivity index (χ2v) is 8.40. The number of hydrogen-bond donors (Lipinski definition) is 2. The number of carbonyl (C=O) groups is 2. The minimum Gasteiger partial charge on any atom is -0.353 e. The second kappa shape index (κ2) is 9.70. The third-order valence-electron chi connectivity index (χ3n) is 5.89. The zero-order valence-corrected chi connectivity index (χ0v) is 17.1. The van der Waals surface area contributed by atoms with Gasteiger partial charge in [-0.1, -0.05) is 30.9 Å².